The fraction of sp³-hybridized carbons (Fsp3) is 0.294. The second-order valence-electron chi connectivity index (χ2n) is 6.09. The quantitative estimate of drug-likeness (QED) is 0.713. The Morgan fingerprint density at radius 2 is 2.00 bits per heavy atom. The number of aryl methyl sites for hydroxylation is 2. The van der Waals surface area contributed by atoms with Crippen molar-refractivity contribution in [2.75, 3.05) is 5.32 Å². The molecule has 10 heteroatoms. The lowest BCUT2D eigenvalue weighted by atomic mass is 10.2. The molecule has 2 aromatic heterocycles. The molecule has 0 spiro atoms. The summed E-state index contributed by atoms with van der Waals surface area (Å²) in [5, 5.41) is 2.79. The highest BCUT2D eigenvalue weighted by Gasteiger charge is 2.14. The standard InChI is InChI=1S/C17H17ClFN5O3/c1-22-15-14(16(26)23(2)17(22)27)24(9-20-15)7-3-4-13(25)21-12-8-10(18)5-6-11(12)19/h5-6,8-9H,3-4,7H2,1-2H3,(H,21,25). The van der Waals surface area contributed by atoms with Gasteiger partial charge in [0, 0.05) is 32.1 Å². The van der Waals surface area contributed by atoms with Gasteiger partial charge < -0.3 is 9.88 Å². The molecule has 0 saturated heterocycles. The molecule has 27 heavy (non-hydrogen) atoms. The van der Waals surface area contributed by atoms with Crippen LogP contribution in [0.15, 0.2) is 34.1 Å². The number of carbonyl (C=O) groups is 1. The Bertz CT molecular complexity index is 1150. The van der Waals surface area contributed by atoms with Gasteiger partial charge in [-0.25, -0.2) is 14.2 Å². The summed E-state index contributed by atoms with van der Waals surface area (Å²) >= 11 is 5.80. The molecule has 3 aromatic rings. The van der Waals surface area contributed by atoms with Crippen LogP contribution in [0.2, 0.25) is 5.02 Å². The number of hydrogen-bond acceptors (Lipinski definition) is 4. The Morgan fingerprint density at radius 1 is 1.26 bits per heavy atom. The maximum absolute atomic E-state index is 13.7. The average Bonchev–Trinajstić information content (AvgIpc) is 3.05. The number of nitrogens with one attached hydrogen (secondary N) is 1. The van der Waals surface area contributed by atoms with Gasteiger partial charge in [0.2, 0.25) is 5.91 Å². The summed E-state index contributed by atoms with van der Waals surface area (Å²) in [4.78, 5) is 40.4. The summed E-state index contributed by atoms with van der Waals surface area (Å²) in [7, 11) is 2.93. The zero-order chi connectivity index (χ0) is 19.7. The van der Waals surface area contributed by atoms with Crippen molar-refractivity contribution in [2.24, 2.45) is 14.1 Å². The lowest BCUT2D eigenvalue weighted by molar-refractivity contribution is -0.116. The molecule has 0 radical (unpaired) electrons. The number of carbonyl (C=O) groups excluding carboxylic acids is 1. The molecule has 2 heterocycles. The predicted molar refractivity (Wildman–Crippen MR) is 99.5 cm³/mol. The van der Waals surface area contributed by atoms with E-state index < -0.39 is 17.1 Å². The second kappa shape index (κ2) is 7.36. The first kappa shape index (κ1) is 18.8. The van der Waals surface area contributed by atoms with Crippen LogP contribution in [0.1, 0.15) is 12.8 Å². The van der Waals surface area contributed by atoms with Gasteiger partial charge in [0.15, 0.2) is 11.2 Å². The summed E-state index contributed by atoms with van der Waals surface area (Å²) in [5.74, 6) is -0.946. The van der Waals surface area contributed by atoms with Gasteiger partial charge in [-0.05, 0) is 24.6 Å². The highest BCUT2D eigenvalue weighted by Crippen LogP contribution is 2.19. The highest BCUT2D eigenvalue weighted by molar-refractivity contribution is 6.30. The Labute approximate surface area is 157 Å². The Hall–Kier alpha value is -2.94. The number of nitrogens with zero attached hydrogens (tertiary/aromatic N) is 4. The molecular formula is C17H17ClFN5O3. The van der Waals surface area contributed by atoms with Crippen molar-refractivity contribution in [3.63, 3.8) is 0 Å². The number of aromatic nitrogens is 4. The van der Waals surface area contributed by atoms with Crippen molar-refractivity contribution in [2.45, 2.75) is 19.4 Å². The molecule has 0 aliphatic carbocycles. The molecule has 8 nitrogen and oxygen atoms in total. The lowest BCUT2D eigenvalue weighted by Crippen LogP contribution is -2.37. The third-order valence-electron chi connectivity index (χ3n) is 4.22. The van der Waals surface area contributed by atoms with Gasteiger partial charge >= 0.3 is 5.69 Å². The largest absolute Gasteiger partial charge is 0.332 e. The van der Waals surface area contributed by atoms with Gasteiger partial charge in [-0.2, -0.15) is 0 Å². The van der Waals surface area contributed by atoms with Crippen LogP contribution in [0.3, 0.4) is 0 Å². The molecule has 0 fully saturated rings. The molecule has 0 saturated carbocycles. The molecule has 142 valence electrons. The molecule has 0 aliphatic rings. The number of benzene rings is 1. The van der Waals surface area contributed by atoms with Gasteiger partial charge in [0.05, 0.1) is 12.0 Å². The third kappa shape index (κ3) is 3.63. The summed E-state index contributed by atoms with van der Waals surface area (Å²) in [6, 6.07) is 3.91. The van der Waals surface area contributed by atoms with E-state index in [2.05, 4.69) is 10.3 Å². The Balaban J connectivity index is 1.71. The zero-order valence-corrected chi connectivity index (χ0v) is 15.5. The van der Waals surface area contributed by atoms with Crippen molar-refractivity contribution in [1.82, 2.24) is 18.7 Å². The van der Waals surface area contributed by atoms with E-state index in [9.17, 15) is 18.8 Å². The normalized spacial score (nSPS) is 11.1. The van der Waals surface area contributed by atoms with E-state index in [-0.39, 0.29) is 23.7 Å². The van der Waals surface area contributed by atoms with Crippen LogP contribution in [0.25, 0.3) is 11.2 Å². The van der Waals surface area contributed by atoms with E-state index in [0.717, 1.165) is 4.57 Å². The summed E-state index contributed by atoms with van der Waals surface area (Å²) < 4.78 is 17.6. The van der Waals surface area contributed by atoms with Gasteiger partial charge in [-0.1, -0.05) is 11.6 Å². The van der Waals surface area contributed by atoms with Crippen LogP contribution >= 0.6 is 11.6 Å². The SMILES string of the molecule is Cn1c(=O)c2c(ncn2CCCC(=O)Nc2cc(Cl)ccc2F)n(C)c1=O. The first-order valence-electron chi connectivity index (χ1n) is 8.15. The van der Waals surface area contributed by atoms with Crippen molar-refractivity contribution < 1.29 is 9.18 Å². The van der Waals surface area contributed by atoms with E-state index in [1.165, 1.54) is 43.2 Å². The topological polar surface area (TPSA) is 90.9 Å². The monoisotopic (exact) mass is 393 g/mol. The van der Waals surface area contributed by atoms with Crippen LogP contribution in [0.5, 0.6) is 0 Å². The van der Waals surface area contributed by atoms with Crippen molar-refractivity contribution in [1.29, 1.82) is 0 Å². The number of rotatable bonds is 5. The Morgan fingerprint density at radius 3 is 2.74 bits per heavy atom. The molecule has 1 amide bonds. The smallest absolute Gasteiger partial charge is 0.325 e. The summed E-state index contributed by atoms with van der Waals surface area (Å²) in [6.07, 6.45) is 1.96. The van der Waals surface area contributed by atoms with E-state index in [1.807, 2.05) is 0 Å². The number of halogens is 2. The molecule has 1 N–H and O–H groups in total. The van der Waals surface area contributed by atoms with Crippen LogP contribution in [0.4, 0.5) is 10.1 Å². The minimum Gasteiger partial charge on any atom is -0.325 e. The number of fused-ring (bicyclic) bond motifs is 1. The van der Waals surface area contributed by atoms with E-state index in [4.69, 9.17) is 11.6 Å². The molecule has 0 atom stereocenters. The van der Waals surface area contributed by atoms with Crippen molar-refractivity contribution >= 4 is 34.4 Å². The maximum Gasteiger partial charge on any atom is 0.332 e. The fourth-order valence-electron chi connectivity index (χ4n) is 2.78. The number of amides is 1. The third-order valence-corrected chi connectivity index (χ3v) is 4.46. The van der Waals surface area contributed by atoms with E-state index in [1.54, 1.807) is 4.57 Å². The predicted octanol–water partition coefficient (Wildman–Crippen LogP) is 1.65. The van der Waals surface area contributed by atoms with E-state index >= 15 is 0 Å². The number of hydrogen-bond donors (Lipinski definition) is 1. The Kier molecular flexibility index (Phi) is 5.13. The highest BCUT2D eigenvalue weighted by atomic mass is 35.5. The van der Waals surface area contributed by atoms with Crippen molar-refractivity contribution in [3.05, 3.63) is 56.2 Å². The summed E-state index contributed by atoms with van der Waals surface area (Å²) in [6.45, 7) is 0.343. The first-order chi connectivity index (χ1) is 12.8. The molecule has 0 bridgehead atoms. The molecule has 1 aromatic carbocycles. The van der Waals surface area contributed by atoms with Crippen molar-refractivity contribution in [3.8, 4) is 0 Å². The number of anilines is 1. The fourth-order valence-corrected chi connectivity index (χ4v) is 2.95. The summed E-state index contributed by atoms with van der Waals surface area (Å²) in [5.41, 5.74) is -0.310. The average molecular weight is 394 g/mol. The van der Waals surface area contributed by atoms with Crippen LogP contribution < -0.4 is 16.6 Å². The second-order valence-corrected chi connectivity index (χ2v) is 6.53. The molecule has 3 rings (SSSR count). The number of imidazole rings is 1. The van der Waals surface area contributed by atoms with Crippen LogP contribution in [-0.4, -0.2) is 24.6 Å². The van der Waals surface area contributed by atoms with Crippen LogP contribution in [0, 0.1) is 5.82 Å². The van der Waals surface area contributed by atoms with Gasteiger partial charge in [-0.15, -0.1) is 0 Å². The lowest BCUT2D eigenvalue weighted by Gasteiger charge is -2.08. The minimum absolute atomic E-state index is 0.0180. The zero-order valence-electron chi connectivity index (χ0n) is 14.7. The van der Waals surface area contributed by atoms with Gasteiger partial charge in [0.25, 0.3) is 5.56 Å². The van der Waals surface area contributed by atoms with Gasteiger partial charge in [0.1, 0.15) is 5.82 Å². The van der Waals surface area contributed by atoms with Gasteiger partial charge in [-0.3, -0.25) is 18.7 Å². The first-order valence-corrected chi connectivity index (χ1v) is 8.53. The minimum atomic E-state index is -0.572. The molecular weight excluding hydrogens is 377 g/mol. The molecule has 0 aliphatic heterocycles. The van der Waals surface area contributed by atoms with Crippen LogP contribution in [-0.2, 0) is 25.4 Å². The van der Waals surface area contributed by atoms with E-state index in [0.29, 0.717) is 23.5 Å². The maximum atomic E-state index is 13.7. The molecule has 0 unspecified atom stereocenters.